The molecule has 0 aliphatic carbocycles. The molecule has 0 saturated heterocycles. The molecule has 0 N–H and O–H groups in total. The normalized spacial score (nSPS) is 10.2. The first kappa shape index (κ1) is 11.9. The Labute approximate surface area is 98.8 Å². The van der Waals surface area contributed by atoms with Gasteiger partial charge in [0.2, 0.25) is 0 Å². The first-order valence-corrected chi connectivity index (χ1v) is 5.63. The van der Waals surface area contributed by atoms with Crippen molar-refractivity contribution in [1.29, 1.82) is 0 Å². The molecular formula is C10H10Cl2OS. The van der Waals surface area contributed by atoms with Crippen molar-refractivity contribution in [3.8, 4) is 0 Å². The third-order valence-electron chi connectivity index (χ3n) is 1.84. The van der Waals surface area contributed by atoms with Crippen LogP contribution in [0, 0.1) is 0 Å². The van der Waals surface area contributed by atoms with Crippen LogP contribution in [0.1, 0.15) is 11.1 Å². The van der Waals surface area contributed by atoms with Crippen LogP contribution in [0.25, 0.3) is 0 Å². The molecule has 4 heteroatoms. The predicted octanol–water partition coefficient (Wildman–Crippen LogP) is 3.06. The molecule has 1 aromatic carbocycles. The number of benzene rings is 1. The van der Waals surface area contributed by atoms with Gasteiger partial charge in [0.25, 0.3) is 0 Å². The summed E-state index contributed by atoms with van der Waals surface area (Å²) in [6.07, 6.45) is 0.338. The van der Waals surface area contributed by atoms with E-state index < -0.39 is 0 Å². The highest BCUT2D eigenvalue weighted by Gasteiger charge is 2.05. The Hall–Kier alpha value is -0.180. The number of thiol groups is 1. The monoisotopic (exact) mass is 248 g/mol. The summed E-state index contributed by atoms with van der Waals surface area (Å²) >= 11 is 15.4. The summed E-state index contributed by atoms with van der Waals surface area (Å²) < 4.78 is 0. The van der Waals surface area contributed by atoms with Gasteiger partial charge in [-0.25, -0.2) is 0 Å². The molecule has 1 nitrogen and oxygen atoms in total. The van der Waals surface area contributed by atoms with E-state index in [1.165, 1.54) is 0 Å². The van der Waals surface area contributed by atoms with Gasteiger partial charge in [-0.1, -0.05) is 12.1 Å². The highest BCUT2D eigenvalue weighted by atomic mass is 35.5. The predicted molar refractivity (Wildman–Crippen MR) is 62.7 cm³/mol. The van der Waals surface area contributed by atoms with Gasteiger partial charge in [-0.05, 0) is 17.2 Å². The van der Waals surface area contributed by atoms with E-state index in [4.69, 9.17) is 23.2 Å². The van der Waals surface area contributed by atoms with Crippen LogP contribution in [0.3, 0.4) is 0 Å². The van der Waals surface area contributed by atoms with Crippen LogP contribution in [0.4, 0.5) is 0 Å². The van der Waals surface area contributed by atoms with Crippen LogP contribution in [0.2, 0.25) is 0 Å². The zero-order chi connectivity index (χ0) is 10.6. The molecule has 14 heavy (non-hydrogen) atoms. The lowest BCUT2D eigenvalue weighted by molar-refractivity contribution is -0.116. The lowest BCUT2D eigenvalue weighted by atomic mass is 10.1. The Kier molecular flexibility index (Phi) is 4.79. The van der Waals surface area contributed by atoms with E-state index in [1.54, 1.807) is 0 Å². The fourth-order valence-corrected chi connectivity index (χ4v) is 1.68. The Bertz CT molecular complexity index is 339. The van der Waals surface area contributed by atoms with Crippen molar-refractivity contribution in [1.82, 2.24) is 0 Å². The molecule has 1 aromatic rings. The summed E-state index contributed by atoms with van der Waals surface area (Å²) in [5, 5.41) is 0. The number of alkyl halides is 2. The van der Waals surface area contributed by atoms with Crippen LogP contribution in [0.15, 0.2) is 23.1 Å². The number of rotatable bonds is 4. The van der Waals surface area contributed by atoms with E-state index in [1.807, 2.05) is 18.2 Å². The molecule has 0 aliphatic heterocycles. The van der Waals surface area contributed by atoms with Gasteiger partial charge >= 0.3 is 0 Å². The molecule has 76 valence electrons. The highest BCUT2D eigenvalue weighted by Crippen LogP contribution is 2.18. The van der Waals surface area contributed by atoms with Gasteiger partial charge in [-0.15, -0.1) is 35.8 Å². The van der Waals surface area contributed by atoms with Crippen LogP contribution in [-0.4, -0.2) is 11.7 Å². The number of hydrogen-bond acceptors (Lipinski definition) is 2. The number of carbonyl (C=O) groups is 1. The standard InChI is InChI=1S/C10H10Cl2OS/c11-5-7-1-2-8(10(14)3-7)4-9(13)6-12/h1-3,14H,4-6H2. The fraction of sp³-hybridized carbons (Fsp3) is 0.300. The summed E-state index contributed by atoms with van der Waals surface area (Å²) in [7, 11) is 0. The fourth-order valence-electron chi connectivity index (χ4n) is 1.10. The number of carbonyl (C=O) groups excluding carboxylic acids is 1. The van der Waals surface area contributed by atoms with Crippen LogP contribution < -0.4 is 0 Å². The molecule has 0 atom stereocenters. The average molecular weight is 249 g/mol. The second kappa shape index (κ2) is 5.64. The summed E-state index contributed by atoms with van der Waals surface area (Å²) in [5.41, 5.74) is 1.89. The molecule has 0 saturated carbocycles. The maximum atomic E-state index is 11.1. The largest absolute Gasteiger partial charge is 0.298 e. The second-order valence-electron chi connectivity index (χ2n) is 2.95. The number of halogens is 2. The van der Waals surface area contributed by atoms with Gasteiger partial charge < -0.3 is 0 Å². The van der Waals surface area contributed by atoms with E-state index in [0.717, 1.165) is 16.0 Å². The van der Waals surface area contributed by atoms with E-state index in [2.05, 4.69) is 12.6 Å². The zero-order valence-electron chi connectivity index (χ0n) is 7.46. The molecule has 0 amide bonds. The van der Waals surface area contributed by atoms with E-state index >= 15 is 0 Å². The van der Waals surface area contributed by atoms with Crippen molar-refractivity contribution in [3.05, 3.63) is 29.3 Å². The molecule has 0 heterocycles. The van der Waals surface area contributed by atoms with Gasteiger partial charge in [-0.2, -0.15) is 0 Å². The van der Waals surface area contributed by atoms with Crippen LogP contribution in [0.5, 0.6) is 0 Å². The summed E-state index contributed by atoms with van der Waals surface area (Å²) in [6, 6.07) is 5.63. The lowest BCUT2D eigenvalue weighted by Crippen LogP contribution is -2.04. The summed E-state index contributed by atoms with van der Waals surface area (Å²) in [4.78, 5) is 11.9. The molecule has 0 aromatic heterocycles. The quantitative estimate of drug-likeness (QED) is 0.641. The third kappa shape index (κ3) is 3.19. The molecule has 0 aliphatic rings. The van der Waals surface area contributed by atoms with E-state index in [0.29, 0.717) is 12.3 Å². The SMILES string of the molecule is O=C(CCl)Cc1ccc(CCl)cc1S. The molecule has 0 fully saturated rings. The van der Waals surface area contributed by atoms with Gasteiger partial charge in [-0.3, -0.25) is 4.79 Å². The van der Waals surface area contributed by atoms with Crippen LogP contribution >= 0.6 is 35.8 Å². The molecule has 0 unspecified atom stereocenters. The zero-order valence-corrected chi connectivity index (χ0v) is 9.87. The Morgan fingerprint density at radius 3 is 2.57 bits per heavy atom. The minimum absolute atomic E-state index is 0.000546. The second-order valence-corrected chi connectivity index (χ2v) is 3.96. The number of Topliss-reactive ketones (excluding diaryl/α,β-unsaturated/α-hetero) is 1. The number of ketones is 1. The Morgan fingerprint density at radius 1 is 1.36 bits per heavy atom. The number of hydrogen-bond donors (Lipinski definition) is 1. The summed E-state index contributed by atoms with van der Waals surface area (Å²) in [5.74, 6) is 0.502. The van der Waals surface area contributed by atoms with E-state index in [9.17, 15) is 4.79 Å². The van der Waals surface area contributed by atoms with Crippen molar-refractivity contribution in [3.63, 3.8) is 0 Å². The minimum Gasteiger partial charge on any atom is -0.298 e. The average Bonchev–Trinajstić information content (AvgIpc) is 2.20. The van der Waals surface area contributed by atoms with Crippen LogP contribution in [-0.2, 0) is 17.1 Å². The lowest BCUT2D eigenvalue weighted by Gasteiger charge is -2.04. The first-order valence-electron chi connectivity index (χ1n) is 4.11. The Morgan fingerprint density at radius 2 is 2.07 bits per heavy atom. The summed E-state index contributed by atoms with van der Waals surface area (Å²) in [6.45, 7) is 0. The topological polar surface area (TPSA) is 17.1 Å². The van der Waals surface area contributed by atoms with Crippen molar-refractivity contribution < 1.29 is 4.79 Å². The highest BCUT2D eigenvalue weighted by molar-refractivity contribution is 7.80. The van der Waals surface area contributed by atoms with Gasteiger partial charge in [0, 0.05) is 17.2 Å². The van der Waals surface area contributed by atoms with Gasteiger partial charge in [0.1, 0.15) is 0 Å². The van der Waals surface area contributed by atoms with Gasteiger partial charge in [0.05, 0.1) is 5.88 Å². The maximum Gasteiger partial charge on any atom is 0.151 e. The van der Waals surface area contributed by atoms with Crippen molar-refractivity contribution in [2.24, 2.45) is 0 Å². The molecular weight excluding hydrogens is 239 g/mol. The third-order valence-corrected chi connectivity index (χ3v) is 2.86. The maximum absolute atomic E-state index is 11.1. The first-order chi connectivity index (χ1) is 6.67. The van der Waals surface area contributed by atoms with Crippen molar-refractivity contribution >= 4 is 41.6 Å². The van der Waals surface area contributed by atoms with Crippen molar-refractivity contribution in [2.75, 3.05) is 5.88 Å². The molecule has 1 rings (SSSR count). The van der Waals surface area contributed by atoms with E-state index in [-0.39, 0.29) is 11.7 Å². The Balaban J connectivity index is 2.83. The molecule has 0 bridgehead atoms. The van der Waals surface area contributed by atoms with Gasteiger partial charge in [0.15, 0.2) is 5.78 Å². The van der Waals surface area contributed by atoms with Crippen molar-refractivity contribution in [2.45, 2.75) is 17.2 Å². The molecule has 0 spiro atoms. The molecule has 0 radical (unpaired) electrons. The smallest absolute Gasteiger partial charge is 0.151 e. The minimum atomic E-state index is 0.000546.